The molecule has 1 heterocycles. The number of hydrogen-bond acceptors (Lipinski definition) is 6. The minimum atomic E-state index is -0.567. The molecule has 1 aliphatic rings. The maximum absolute atomic E-state index is 14.3. The summed E-state index contributed by atoms with van der Waals surface area (Å²) in [5.74, 6) is -0.772. The minimum absolute atomic E-state index is 0.124. The van der Waals surface area contributed by atoms with E-state index in [0.29, 0.717) is 35.8 Å². The van der Waals surface area contributed by atoms with Crippen molar-refractivity contribution in [3.05, 3.63) is 89.7 Å². The predicted molar refractivity (Wildman–Crippen MR) is 179 cm³/mol. The van der Waals surface area contributed by atoms with Gasteiger partial charge in [-0.3, -0.25) is 9.59 Å². The first-order chi connectivity index (χ1) is 22.5. The van der Waals surface area contributed by atoms with Crippen molar-refractivity contribution in [2.45, 2.75) is 58.3 Å². The van der Waals surface area contributed by atoms with Crippen LogP contribution in [0.3, 0.4) is 0 Å². The molecule has 11 heteroatoms. The van der Waals surface area contributed by atoms with Crippen LogP contribution in [0.5, 0.6) is 5.75 Å². The van der Waals surface area contributed by atoms with Gasteiger partial charge < -0.3 is 35.0 Å². The Balaban J connectivity index is 1.60. The Morgan fingerprint density at radius 2 is 1.70 bits per heavy atom. The molecule has 1 aliphatic heterocycles. The lowest BCUT2D eigenvalue weighted by Gasteiger charge is -2.36. The number of carbonyl (C=O) groups excluding carboxylic acids is 3. The molecule has 0 fully saturated rings. The number of benzene rings is 3. The van der Waals surface area contributed by atoms with Gasteiger partial charge >= 0.3 is 6.03 Å². The van der Waals surface area contributed by atoms with Crippen molar-refractivity contribution >= 4 is 29.2 Å². The summed E-state index contributed by atoms with van der Waals surface area (Å²) in [5, 5.41) is 15.6. The van der Waals surface area contributed by atoms with E-state index in [1.165, 1.54) is 24.3 Å². The largest absolute Gasteiger partial charge is 0.490 e. The van der Waals surface area contributed by atoms with E-state index in [9.17, 15) is 23.9 Å². The first kappa shape index (κ1) is 35.4. The lowest BCUT2D eigenvalue weighted by Crippen LogP contribution is -2.48. The molecule has 0 radical (unpaired) electrons. The van der Waals surface area contributed by atoms with Gasteiger partial charge in [0.2, 0.25) is 0 Å². The van der Waals surface area contributed by atoms with Crippen LogP contribution < -0.4 is 15.4 Å². The highest BCUT2D eigenvalue weighted by atomic mass is 19.1. The van der Waals surface area contributed by atoms with Gasteiger partial charge in [-0.05, 0) is 87.7 Å². The molecule has 3 aromatic carbocycles. The van der Waals surface area contributed by atoms with Crippen molar-refractivity contribution in [3.63, 3.8) is 0 Å². The van der Waals surface area contributed by atoms with Crippen molar-refractivity contribution in [2.75, 3.05) is 44.0 Å². The zero-order chi connectivity index (χ0) is 33.9. The maximum atomic E-state index is 14.3. The number of aliphatic hydroxyl groups is 1. The van der Waals surface area contributed by atoms with Crippen LogP contribution in [0.15, 0.2) is 72.8 Å². The Morgan fingerprint density at radius 1 is 1.02 bits per heavy atom. The number of amides is 4. The van der Waals surface area contributed by atoms with Gasteiger partial charge in [0.1, 0.15) is 11.6 Å². The Hall–Kier alpha value is -4.48. The molecule has 0 saturated heterocycles. The van der Waals surface area contributed by atoms with E-state index in [1.54, 1.807) is 54.1 Å². The van der Waals surface area contributed by atoms with Crippen LogP contribution in [0.2, 0.25) is 0 Å². The van der Waals surface area contributed by atoms with Crippen LogP contribution in [-0.4, -0.2) is 84.4 Å². The molecular weight excluding hydrogens is 603 g/mol. The Morgan fingerprint density at radius 3 is 2.40 bits per heavy atom. The zero-order valence-corrected chi connectivity index (χ0v) is 27.4. The normalized spacial score (nSPS) is 19.8. The van der Waals surface area contributed by atoms with Gasteiger partial charge in [0.15, 0.2) is 0 Å². The highest BCUT2D eigenvalue weighted by molar-refractivity contribution is 6.02. The number of halogens is 1. The Bertz CT molecular complexity index is 1490. The summed E-state index contributed by atoms with van der Waals surface area (Å²) in [6, 6.07) is 18.2. The van der Waals surface area contributed by atoms with Gasteiger partial charge in [-0.15, -0.1) is 0 Å². The Labute approximate surface area is 275 Å². The van der Waals surface area contributed by atoms with E-state index in [4.69, 9.17) is 9.47 Å². The molecule has 0 saturated carbocycles. The number of aliphatic hydroxyl groups excluding tert-OH is 1. The lowest BCUT2D eigenvalue weighted by molar-refractivity contribution is -0.0149. The van der Waals surface area contributed by atoms with Crippen molar-refractivity contribution in [1.29, 1.82) is 0 Å². The van der Waals surface area contributed by atoms with Crippen LogP contribution in [0.1, 0.15) is 60.7 Å². The first-order valence-electron chi connectivity index (χ1n) is 16.0. The number of fused-ring (bicyclic) bond motifs is 1. The minimum Gasteiger partial charge on any atom is -0.490 e. The number of ether oxygens (including phenoxy) is 2. The summed E-state index contributed by atoms with van der Waals surface area (Å²) < 4.78 is 25.9. The molecule has 252 valence electrons. The quantitative estimate of drug-likeness (QED) is 0.288. The van der Waals surface area contributed by atoms with Gasteiger partial charge in [0, 0.05) is 49.6 Å². The molecule has 4 atom stereocenters. The van der Waals surface area contributed by atoms with E-state index in [-0.39, 0.29) is 48.7 Å². The molecule has 3 N–H and O–H groups in total. The summed E-state index contributed by atoms with van der Waals surface area (Å²) in [5.41, 5.74) is 1.56. The third-order valence-electron chi connectivity index (χ3n) is 8.23. The van der Waals surface area contributed by atoms with Crippen LogP contribution in [-0.2, 0) is 4.74 Å². The van der Waals surface area contributed by atoms with Crippen LogP contribution in [0, 0.1) is 11.7 Å². The number of carbonyl (C=O) groups is 3. The van der Waals surface area contributed by atoms with Gasteiger partial charge in [-0.25, -0.2) is 9.18 Å². The van der Waals surface area contributed by atoms with Crippen molar-refractivity contribution < 1.29 is 33.4 Å². The fourth-order valence-electron chi connectivity index (χ4n) is 5.44. The second kappa shape index (κ2) is 16.9. The monoisotopic (exact) mass is 648 g/mol. The van der Waals surface area contributed by atoms with Gasteiger partial charge in [0.05, 0.1) is 30.4 Å². The second-order valence-corrected chi connectivity index (χ2v) is 12.1. The summed E-state index contributed by atoms with van der Waals surface area (Å²) in [6.07, 6.45) is 1.76. The first-order valence-corrected chi connectivity index (χ1v) is 16.0. The highest BCUT2D eigenvalue weighted by Crippen LogP contribution is 2.29. The molecule has 0 unspecified atom stereocenters. The average molecular weight is 649 g/mol. The number of hydrogen-bond donors (Lipinski definition) is 3. The fraction of sp³-hybridized carbons (Fsp3) is 0.417. The van der Waals surface area contributed by atoms with Crippen molar-refractivity contribution in [1.82, 2.24) is 9.80 Å². The summed E-state index contributed by atoms with van der Waals surface area (Å²) in [6.45, 7) is 6.43. The maximum Gasteiger partial charge on any atom is 0.323 e. The van der Waals surface area contributed by atoms with E-state index in [0.717, 1.165) is 19.3 Å². The molecule has 3 aromatic rings. The topological polar surface area (TPSA) is 120 Å². The smallest absolute Gasteiger partial charge is 0.323 e. The summed E-state index contributed by atoms with van der Waals surface area (Å²) in [7, 11) is 1.74. The van der Waals surface area contributed by atoms with E-state index < -0.39 is 17.9 Å². The second-order valence-electron chi connectivity index (χ2n) is 12.1. The van der Waals surface area contributed by atoms with Gasteiger partial charge in [-0.2, -0.15) is 0 Å². The predicted octanol–water partition coefficient (Wildman–Crippen LogP) is 6.04. The number of rotatable bonds is 7. The molecule has 0 aromatic heterocycles. The standard InChI is InChI=1S/C36H45FN4O6/c1-24-21-41(25(2)23-42)35(44)31-20-30(39-36(45)38-29-15-13-28(37)14-16-29)17-18-32(31)47-26(3)10-8-9-19-46-33(24)22-40(4)34(43)27-11-6-5-7-12-27/h5-7,11-18,20,24-26,33,42H,8-10,19,21-23H2,1-4H3,(H2,38,39,45)/t24-,25-,26-,33+/m1/s1. The number of anilines is 2. The molecule has 4 amide bonds. The van der Waals surface area contributed by atoms with E-state index in [1.807, 2.05) is 32.0 Å². The number of urea groups is 1. The summed E-state index contributed by atoms with van der Waals surface area (Å²) >= 11 is 0. The van der Waals surface area contributed by atoms with Gasteiger partial charge in [0.25, 0.3) is 11.8 Å². The SMILES string of the molecule is C[C@@H]1CCCCO[C@@H](CN(C)C(=O)c2ccccc2)[C@H](C)CN([C@H](C)CO)C(=O)c2cc(NC(=O)Nc3ccc(F)cc3)ccc2O1. The van der Waals surface area contributed by atoms with Crippen LogP contribution >= 0.6 is 0 Å². The van der Waals surface area contributed by atoms with Crippen LogP contribution in [0.4, 0.5) is 20.6 Å². The molecular formula is C36H45FN4O6. The Kier molecular flexibility index (Phi) is 12.7. The molecule has 0 bridgehead atoms. The van der Waals surface area contributed by atoms with Crippen molar-refractivity contribution in [2.24, 2.45) is 5.92 Å². The molecule has 0 spiro atoms. The van der Waals surface area contributed by atoms with E-state index in [2.05, 4.69) is 10.6 Å². The number of nitrogens with one attached hydrogen (secondary N) is 2. The van der Waals surface area contributed by atoms with Crippen molar-refractivity contribution in [3.8, 4) is 5.75 Å². The highest BCUT2D eigenvalue weighted by Gasteiger charge is 2.31. The molecule has 10 nitrogen and oxygen atoms in total. The average Bonchev–Trinajstić information content (AvgIpc) is 3.07. The summed E-state index contributed by atoms with van der Waals surface area (Å²) in [4.78, 5) is 43.4. The third-order valence-corrected chi connectivity index (χ3v) is 8.23. The fourth-order valence-corrected chi connectivity index (χ4v) is 5.44. The zero-order valence-electron chi connectivity index (χ0n) is 27.4. The molecule has 0 aliphatic carbocycles. The van der Waals surface area contributed by atoms with Gasteiger partial charge in [-0.1, -0.05) is 25.1 Å². The molecule has 47 heavy (non-hydrogen) atoms. The van der Waals surface area contributed by atoms with E-state index >= 15 is 0 Å². The molecule has 4 rings (SSSR count). The third kappa shape index (κ3) is 10.0. The van der Waals surface area contributed by atoms with Crippen LogP contribution in [0.25, 0.3) is 0 Å². The number of likely N-dealkylation sites (N-methyl/N-ethyl adjacent to an activating group) is 1. The number of nitrogens with zero attached hydrogens (tertiary/aromatic N) is 2. The lowest BCUT2D eigenvalue weighted by atomic mass is 10.0.